The van der Waals surface area contributed by atoms with Crippen molar-refractivity contribution in [1.82, 2.24) is 39.5 Å². The van der Waals surface area contributed by atoms with Crippen molar-refractivity contribution in [3.63, 3.8) is 0 Å². The van der Waals surface area contributed by atoms with E-state index < -0.39 is 0 Å². The number of halogens is 1. The quantitative estimate of drug-likeness (QED) is 0.519. The second kappa shape index (κ2) is 5.07. The van der Waals surface area contributed by atoms with E-state index in [1.165, 1.54) is 22.0 Å². The zero-order chi connectivity index (χ0) is 15.0. The van der Waals surface area contributed by atoms with E-state index in [-0.39, 0.29) is 17.8 Å². The van der Waals surface area contributed by atoms with E-state index in [1.54, 1.807) is 6.92 Å². The molecule has 0 amide bonds. The summed E-state index contributed by atoms with van der Waals surface area (Å²) < 4.78 is 2.90. The van der Waals surface area contributed by atoms with Gasteiger partial charge in [-0.15, -0.1) is 0 Å². The summed E-state index contributed by atoms with van der Waals surface area (Å²) in [7, 11) is 0. The van der Waals surface area contributed by atoms with Crippen molar-refractivity contribution in [2.45, 2.75) is 13.8 Å². The molecule has 0 aliphatic carbocycles. The normalized spacial score (nSPS) is 10.9. The van der Waals surface area contributed by atoms with Gasteiger partial charge in [-0.25, -0.2) is 15.5 Å². The molecule has 0 spiro atoms. The topological polar surface area (TPSA) is 125 Å². The zero-order valence-electron chi connectivity index (χ0n) is 11.2. The lowest BCUT2D eigenvalue weighted by Crippen LogP contribution is -2.17. The van der Waals surface area contributed by atoms with E-state index >= 15 is 0 Å². The van der Waals surface area contributed by atoms with Crippen LogP contribution in [-0.4, -0.2) is 39.5 Å². The molecule has 0 saturated heterocycles. The molecule has 0 radical (unpaired) electrons. The number of nitrogens with one attached hydrogen (secondary N) is 1. The lowest BCUT2D eigenvalue weighted by Gasteiger charge is -2.07. The Morgan fingerprint density at radius 2 is 1.95 bits per heavy atom. The van der Waals surface area contributed by atoms with Gasteiger partial charge in [0, 0.05) is 0 Å². The molecule has 3 N–H and O–H groups in total. The molecule has 0 bridgehead atoms. The molecule has 0 aliphatic heterocycles. The van der Waals surface area contributed by atoms with Gasteiger partial charge in [0.25, 0.3) is 11.9 Å². The highest BCUT2D eigenvalue weighted by molar-refractivity contribution is 6.31. The van der Waals surface area contributed by atoms with E-state index in [9.17, 15) is 0 Å². The fraction of sp³-hybridized carbons (Fsp3) is 0.200. The molecule has 0 aliphatic rings. The van der Waals surface area contributed by atoms with Crippen LogP contribution in [0.15, 0.2) is 12.7 Å². The molecule has 3 rings (SSSR count). The van der Waals surface area contributed by atoms with Crippen LogP contribution in [0, 0.1) is 13.8 Å². The Morgan fingerprint density at radius 3 is 2.52 bits per heavy atom. The van der Waals surface area contributed by atoms with Gasteiger partial charge in [-0.1, -0.05) is 11.6 Å². The fourth-order valence-electron chi connectivity index (χ4n) is 1.75. The lowest BCUT2D eigenvalue weighted by molar-refractivity contribution is 0.729. The molecule has 3 aromatic rings. The summed E-state index contributed by atoms with van der Waals surface area (Å²) in [6.07, 6.45) is 2.84. The maximum absolute atomic E-state index is 6.14. The Balaban J connectivity index is 2.18. The number of nitrogens with zero attached hydrogens (tertiary/aromatic N) is 8. The molecular formula is C10H11ClN10. The van der Waals surface area contributed by atoms with Gasteiger partial charge in [0.2, 0.25) is 5.95 Å². The highest BCUT2D eigenvalue weighted by atomic mass is 35.5. The van der Waals surface area contributed by atoms with Crippen molar-refractivity contribution < 1.29 is 0 Å². The average Bonchev–Trinajstić information content (AvgIpc) is 3.12. The molecule has 21 heavy (non-hydrogen) atoms. The van der Waals surface area contributed by atoms with Crippen molar-refractivity contribution in [2.75, 3.05) is 5.43 Å². The molecule has 10 nitrogen and oxygen atoms in total. The summed E-state index contributed by atoms with van der Waals surface area (Å²) in [4.78, 5) is 16.4. The van der Waals surface area contributed by atoms with Gasteiger partial charge in [0.1, 0.15) is 12.7 Å². The van der Waals surface area contributed by atoms with E-state index in [1.807, 2.05) is 6.92 Å². The van der Waals surface area contributed by atoms with Crippen LogP contribution in [-0.2, 0) is 0 Å². The van der Waals surface area contributed by atoms with Gasteiger partial charge in [-0.05, 0) is 13.8 Å². The highest BCUT2D eigenvalue weighted by Gasteiger charge is 2.16. The van der Waals surface area contributed by atoms with Crippen molar-refractivity contribution in [2.24, 2.45) is 5.84 Å². The maximum atomic E-state index is 6.14. The number of hydrazine groups is 1. The number of anilines is 1. The molecule has 3 aromatic heterocycles. The van der Waals surface area contributed by atoms with Crippen LogP contribution in [0.25, 0.3) is 11.9 Å². The summed E-state index contributed by atoms with van der Waals surface area (Å²) >= 11 is 6.14. The van der Waals surface area contributed by atoms with Crippen LogP contribution in [0.5, 0.6) is 0 Å². The second-order valence-electron chi connectivity index (χ2n) is 4.14. The number of hydrogen-bond acceptors (Lipinski definition) is 8. The van der Waals surface area contributed by atoms with E-state index in [0.29, 0.717) is 16.4 Å². The highest BCUT2D eigenvalue weighted by Crippen LogP contribution is 2.21. The number of nitrogens with two attached hydrogens (primary N) is 1. The number of aryl methyl sites for hydroxylation is 1. The van der Waals surface area contributed by atoms with Crippen molar-refractivity contribution in [3.05, 3.63) is 29.1 Å². The molecule has 0 unspecified atom stereocenters. The Bertz CT molecular complexity index is 777. The van der Waals surface area contributed by atoms with Crippen LogP contribution in [0.2, 0.25) is 5.02 Å². The van der Waals surface area contributed by atoms with Crippen LogP contribution < -0.4 is 11.3 Å². The van der Waals surface area contributed by atoms with E-state index in [2.05, 4.69) is 35.6 Å². The summed E-state index contributed by atoms with van der Waals surface area (Å²) in [5, 5.41) is 8.82. The van der Waals surface area contributed by atoms with Gasteiger partial charge in [-0.3, -0.25) is 5.43 Å². The molecule has 11 heteroatoms. The Kier molecular flexibility index (Phi) is 3.23. The van der Waals surface area contributed by atoms with Gasteiger partial charge in [0.05, 0.1) is 16.4 Å². The van der Waals surface area contributed by atoms with Gasteiger partial charge >= 0.3 is 0 Å². The van der Waals surface area contributed by atoms with E-state index in [0.717, 1.165) is 0 Å². The SMILES string of the molecule is Cc1nn(-c2nc(NN)nc(-n3cncn3)n2)c(C)c1Cl. The molecular weight excluding hydrogens is 296 g/mol. The van der Waals surface area contributed by atoms with Crippen molar-refractivity contribution >= 4 is 17.5 Å². The minimum Gasteiger partial charge on any atom is -0.292 e. The molecule has 0 aromatic carbocycles. The first-order valence-corrected chi connectivity index (χ1v) is 6.27. The fourth-order valence-corrected chi connectivity index (χ4v) is 1.86. The summed E-state index contributed by atoms with van der Waals surface area (Å²) in [5.74, 6) is 6.10. The van der Waals surface area contributed by atoms with E-state index in [4.69, 9.17) is 17.4 Å². The molecule has 108 valence electrons. The molecule has 0 atom stereocenters. The predicted molar refractivity (Wildman–Crippen MR) is 74.2 cm³/mol. The van der Waals surface area contributed by atoms with Crippen molar-refractivity contribution in [1.29, 1.82) is 0 Å². The first-order chi connectivity index (χ1) is 10.1. The van der Waals surface area contributed by atoms with Crippen LogP contribution in [0.3, 0.4) is 0 Å². The minimum absolute atomic E-state index is 0.175. The van der Waals surface area contributed by atoms with Crippen LogP contribution in [0.1, 0.15) is 11.4 Å². The number of nitrogen functional groups attached to an aromatic ring is 1. The Morgan fingerprint density at radius 1 is 1.19 bits per heavy atom. The Hall–Kier alpha value is -2.59. The Labute approximate surface area is 124 Å². The van der Waals surface area contributed by atoms with Gasteiger partial charge < -0.3 is 0 Å². The zero-order valence-corrected chi connectivity index (χ0v) is 11.9. The largest absolute Gasteiger partial charge is 0.292 e. The maximum Gasteiger partial charge on any atom is 0.258 e. The van der Waals surface area contributed by atoms with Crippen LogP contribution >= 0.6 is 11.6 Å². The predicted octanol–water partition coefficient (Wildman–Crippen LogP) is 0.194. The summed E-state index contributed by atoms with van der Waals surface area (Å²) in [6, 6.07) is 0. The van der Waals surface area contributed by atoms with Gasteiger partial charge in [-0.2, -0.15) is 29.8 Å². The first-order valence-electron chi connectivity index (χ1n) is 5.90. The third-order valence-electron chi connectivity index (χ3n) is 2.76. The third kappa shape index (κ3) is 2.30. The lowest BCUT2D eigenvalue weighted by atomic mass is 10.4. The summed E-state index contributed by atoms with van der Waals surface area (Å²) in [6.45, 7) is 3.62. The minimum atomic E-state index is 0.175. The standard InChI is InChI=1S/C10H11ClN10/c1-5-7(11)6(2)21(19-5)10-16-8(18-12)15-9(17-10)20-4-13-3-14-20/h3-4H,12H2,1-2H3,(H,15,16,17,18). The number of rotatable bonds is 3. The number of hydrogen-bond donors (Lipinski definition) is 2. The smallest absolute Gasteiger partial charge is 0.258 e. The summed E-state index contributed by atoms with van der Waals surface area (Å²) in [5.41, 5.74) is 3.78. The molecule has 0 fully saturated rings. The third-order valence-corrected chi connectivity index (χ3v) is 3.30. The van der Waals surface area contributed by atoms with Crippen molar-refractivity contribution in [3.8, 4) is 11.9 Å². The second-order valence-corrected chi connectivity index (χ2v) is 4.52. The molecule has 3 heterocycles. The molecule has 0 saturated carbocycles. The first kappa shape index (κ1) is 13.4. The van der Waals surface area contributed by atoms with Crippen LogP contribution in [0.4, 0.5) is 5.95 Å². The van der Waals surface area contributed by atoms with Gasteiger partial charge in [0.15, 0.2) is 0 Å². The number of aromatic nitrogens is 8. The average molecular weight is 307 g/mol. The monoisotopic (exact) mass is 306 g/mol.